The Labute approximate surface area is 82.9 Å². The molecule has 0 fully saturated rings. The largest absolute Gasteiger partial charge is 0.179 e. The van der Waals surface area contributed by atoms with E-state index in [1.165, 1.54) is 44.9 Å². The summed E-state index contributed by atoms with van der Waals surface area (Å²) in [6.07, 6.45) is 13.9. The maximum Gasteiger partial charge on any atom is -0.00979 e. The lowest BCUT2D eigenvalue weighted by Crippen LogP contribution is -1.80. The van der Waals surface area contributed by atoms with E-state index in [1.54, 1.807) is 0 Å². The van der Waals surface area contributed by atoms with Crippen LogP contribution < -0.4 is 0 Å². The van der Waals surface area contributed by atoms with Crippen molar-refractivity contribution in [3.63, 3.8) is 0 Å². The summed E-state index contributed by atoms with van der Waals surface area (Å²) in [6.45, 7) is 2.09. The Hall–Kier alpha value is 0.0900. The van der Waals surface area contributed by atoms with Gasteiger partial charge in [0.25, 0.3) is 0 Å². The molecule has 0 aromatic rings. The first-order valence-corrected chi connectivity index (χ1v) is 5.77. The molecule has 0 aliphatic carbocycles. The highest BCUT2D eigenvalue weighted by Crippen LogP contribution is 2.07. The summed E-state index contributed by atoms with van der Waals surface area (Å²) < 4.78 is 0. The predicted molar refractivity (Wildman–Crippen MR) is 61.0 cm³/mol. The second-order valence-electron chi connectivity index (χ2n) is 3.20. The molecule has 0 unspecified atom stereocenters. The van der Waals surface area contributed by atoms with Gasteiger partial charge >= 0.3 is 0 Å². The molecule has 1 heteroatoms. The molecular weight excluding hydrogens is 164 g/mol. The lowest BCUT2D eigenvalue weighted by molar-refractivity contribution is 0.613. The fourth-order valence-electron chi connectivity index (χ4n) is 1.25. The normalized spacial score (nSPS) is 11.2. The van der Waals surface area contributed by atoms with E-state index in [0.717, 1.165) is 5.75 Å². The first-order valence-electron chi connectivity index (χ1n) is 5.14. The molecule has 0 rings (SSSR count). The predicted octanol–water partition coefficient (Wildman–Crippen LogP) is 4.22. The third kappa shape index (κ3) is 10.1. The van der Waals surface area contributed by atoms with Gasteiger partial charge in [-0.15, -0.1) is 0 Å². The van der Waals surface area contributed by atoms with Crippen LogP contribution in [0.1, 0.15) is 51.9 Å². The standard InChI is InChI=1S/C11H22S/c1-2-3-4-5-6-7-8-9-10-11-12/h2-3,12H,4-11H2,1H3. The Morgan fingerprint density at radius 3 is 2.08 bits per heavy atom. The number of thiol groups is 1. The molecule has 0 amide bonds. The first kappa shape index (κ1) is 12.1. The average Bonchev–Trinajstić information content (AvgIpc) is 2.10. The van der Waals surface area contributed by atoms with Gasteiger partial charge < -0.3 is 0 Å². The molecule has 0 atom stereocenters. The van der Waals surface area contributed by atoms with Gasteiger partial charge in [-0.25, -0.2) is 0 Å². The monoisotopic (exact) mass is 186 g/mol. The van der Waals surface area contributed by atoms with Gasteiger partial charge in [0.2, 0.25) is 0 Å². The maximum atomic E-state index is 4.18. The molecule has 0 spiro atoms. The molecule has 0 saturated carbocycles. The Bertz CT molecular complexity index is 97.2. The molecule has 0 aliphatic heterocycles. The van der Waals surface area contributed by atoms with Crippen molar-refractivity contribution < 1.29 is 0 Å². The lowest BCUT2D eigenvalue weighted by atomic mass is 10.1. The van der Waals surface area contributed by atoms with E-state index in [0.29, 0.717) is 0 Å². The number of hydrogen-bond acceptors (Lipinski definition) is 1. The molecule has 0 aliphatic rings. The van der Waals surface area contributed by atoms with Crippen molar-refractivity contribution in [3.05, 3.63) is 12.2 Å². The molecule has 12 heavy (non-hydrogen) atoms. The first-order chi connectivity index (χ1) is 5.91. The number of rotatable bonds is 8. The molecule has 0 nitrogen and oxygen atoms in total. The molecule has 0 saturated heterocycles. The maximum absolute atomic E-state index is 4.18. The van der Waals surface area contributed by atoms with Crippen molar-refractivity contribution in [3.8, 4) is 0 Å². The van der Waals surface area contributed by atoms with Gasteiger partial charge in [-0.05, 0) is 31.9 Å². The Balaban J connectivity index is 2.81. The van der Waals surface area contributed by atoms with E-state index >= 15 is 0 Å². The molecule has 0 bridgehead atoms. The topological polar surface area (TPSA) is 0 Å². The Morgan fingerprint density at radius 2 is 1.50 bits per heavy atom. The summed E-state index contributed by atoms with van der Waals surface area (Å²) in [4.78, 5) is 0. The second kappa shape index (κ2) is 11.1. The quantitative estimate of drug-likeness (QED) is 0.327. The van der Waals surface area contributed by atoms with Crippen molar-refractivity contribution in [2.24, 2.45) is 0 Å². The smallest absolute Gasteiger partial charge is 0.00979 e. The zero-order chi connectivity index (χ0) is 9.07. The molecule has 0 aromatic heterocycles. The Kier molecular flexibility index (Phi) is 11.2. The molecular formula is C11H22S. The molecule has 0 radical (unpaired) electrons. The summed E-state index contributed by atoms with van der Waals surface area (Å²) in [6, 6.07) is 0. The minimum atomic E-state index is 1.05. The van der Waals surface area contributed by atoms with Gasteiger partial charge in [-0.1, -0.05) is 37.8 Å². The molecule has 0 heterocycles. The van der Waals surface area contributed by atoms with E-state index in [9.17, 15) is 0 Å². The van der Waals surface area contributed by atoms with Crippen LogP contribution in [-0.4, -0.2) is 5.75 Å². The van der Waals surface area contributed by atoms with Crippen molar-refractivity contribution >= 4 is 12.6 Å². The zero-order valence-corrected chi connectivity index (χ0v) is 9.15. The fourth-order valence-corrected chi connectivity index (χ4v) is 1.47. The van der Waals surface area contributed by atoms with Crippen molar-refractivity contribution in [1.29, 1.82) is 0 Å². The van der Waals surface area contributed by atoms with Crippen LogP contribution >= 0.6 is 12.6 Å². The lowest BCUT2D eigenvalue weighted by Gasteiger charge is -1.98. The highest BCUT2D eigenvalue weighted by molar-refractivity contribution is 7.80. The van der Waals surface area contributed by atoms with Crippen molar-refractivity contribution in [2.75, 3.05) is 5.75 Å². The van der Waals surface area contributed by atoms with Gasteiger partial charge in [0, 0.05) is 0 Å². The third-order valence-electron chi connectivity index (χ3n) is 2.01. The summed E-state index contributed by atoms with van der Waals surface area (Å²) >= 11 is 4.18. The fraction of sp³-hybridized carbons (Fsp3) is 0.818. The highest BCUT2D eigenvalue weighted by atomic mass is 32.1. The van der Waals surface area contributed by atoms with E-state index in [4.69, 9.17) is 0 Å². The minimum Gasteiger partial charge on any atom is -0.179 e. The van der Waals surface area contributed by atoms with E-state index < -0.39 is 0 Å². The van der Waals surface area contributed by atoms with Crippen LogP contribution in [0.25, 0.3) is 0 Å². The highest BCUT2D eigenvalue weighted by Gasteiger charge is 1.88. The van der Waals surface area contributed by atoms with Crippen LogP contribution in [0.2, 0.25) is 0 Å². The summed E-state index contributed by atoms with van der Waals surface area (Å²) in [5.41, 5.74) is 0. The Morgan fingerprint density at radius 1 is 0.917 bits per heavy atom. The van der Waals surface area contributed by atoms with Crippen molar-refractivity contribution in [1.82, 2.24) is 0 Å². The molecule has 72 valence electrons. The van der Waals surface area contributed by atoms with Gasteiger partial charge in [0.15, 0.2) is 0 Å². The van der Waals surface area contributed by atoms with Crippen LogP contribution in [0, 0.1) is 0 Å². The van der Waals surface area contributed by atoms with Crippen LogP contribution in [0.15, 0.2) is 12.2 Å². The van der Waals surface area contributed by atoms with Crippen LogP contribution in [0.3, 0.4) is 0 Å². The summed E-state index contributed by atoms with van der Waals surface area (Å²) in [5, 5.41) is 0. The van der Waals surface area contributed by atoms with E-state index in [-0.39, 0.29) is 0 Å². The van der Waals surface area contributed by atoms with Gasteiger partial charge in [-0.2, -0.15) is 12.6 Å². The second-order valence-corrected chi connectivity index (χ2v) is 3.65. The summed E-state index contributed by atoms with van der Waals surface area (Å²) in [7, 11) is 0. The van der Waals surface area contributed by atoms with Crippen LogP contribution in [0.5, 0.6) is 0 Å². The van der Waals surface area contributed by atoms with Gasteiger partial charge in [-0.3, -0.25) is 0 Å². The third-order valence-corrected chi connectivity index (χ3v) is 2.33. The zero-order valence-electron chi connectivity index (χ0n) is 8.26. The number of hydrogen-bond donors (Lipinski definition) is 1. The number of allylic oxidation sites excluding steroid dienone is 2. The van der Waals surface area contributed by atoms with Crippen LogP contribution in [-0.2, 0) is 0 Å². The van der Waals surface area contributed by atoms with E-state index in [2.05, 4.69) is 31.7 Å². The summed E-state index contributed by atoms with van der Waals surface area (Å²) in [5.74, 6) is 1.05. The number of unbranched alkanes of at least 4 members (excludes halogenated alkanes) is 6. The SMILES string of the molecule is CC=CCCCCCCCCS. The van der Waals surface area contributed by atoms with Crippen molar-refractivity contribution in [2.45, 2.75) is 51.9 Å². The average molecular weight is 186 g/mol. The molecule has 0 aromatic carbocycles. The van der Waals surface area contributed by atoms with E-state index in [1.807, 2.05) is 0 Å². The molecule has 0 N–H and O–H groups in total. The van der Waals surface area contributed by atoms with Crippen LogP contribution in [0.4, 0.5) is 0 Å². The van der Waals surface area contributed by atoms with Gasteiger partial charge in [0.05, 0.1) is 0 Å². The van der Waals surface area contributed by atoms with Gasteiger partial charge in [0.1, 0.15) is 0 Å². The minimum absolute atomic E-state index is 1.05.